The lowest BCUT2D eigenvalue weighted by molar-refractivity contribution is -0.149. The first-order chi connectivity index (χ1) is 27.0. The van der Waals surface area contributed by atoms with Crippen LogP contribution in [0.15, 0.2) is 30.3 Å². The molecule has 1 saturated carbocycles. The number of nitrogens with zero attached hydrogens (tertiary/aromatic N) is 4. The molecule has 15 nitrogen and oxygen atoms in total. The van der Waals surface area contributed by atoms with E-state index in [0.717, 1.165) is 18.4 Å². The van der Waals surface area contributed by atoms with E-state index < -0.39 is 23.5 Å². The van der Waals surface area contributed by atoms with Gasteiger partial charge in [0.05, 0.1) is 18.8 Å². The van der Waals surface area contributed by atoms with E-state index in [9.17, 15) is 19.5 Å². The van der Waals surface area contributed by atoms with Crippen LogP contribution in [0.25, 0.3) is 0 Å². The number of hydrogen-bond acceptors (Lipinski definition) is 10. The molecule has 2 aliphatic rings. The molecule has 3 atom stereocenters. The van der Waals surface area contributed by atoms with E-state index in [0.29, 0.717) is 64.0 Å². The number of unbranched alkanes of at least 4 members (excludes halogenated alkanes) is 1. The predicted molar refractivity (Wildman–Crippen MR) is 217 cm³/mol. The third-order valence-corrected chi connectivity index (χ3v) is 11.5. The number of aromatic nitrogens is 3. The molecule has 0 radical (unpaired) electrons. The number of ether oxygens (including phenoxy) is 2. The summed E-state index contributed by atoms with van der Waals surface area (Å²) in [6, 6.07) is 9.57. The molecule has 2 aromatic rings. The Balaban J connectivity index is 1.58. The van der Waals surface area contributed by atoms with Crippen molar-refractivity contribution in [1.29, 1.82) is 0 Å². The van der Waals surface area contributed by atoms with E-state index in [4.69, 9.17) is 15.2 Å². The number of carbonyl (C=O) groups is 3. The summed E-state index contributed by atoms with van der Waals surface area (Å²) >= 11 is 0. The number of H-pyrrole nitrogens is 1. The molecular weight excluding hydrogens is 715 g/mol. The quantitative estimate of drug-likeness (QED) is 0.0664. The minimum absolute atomic E-state index is 0.00815. The first-order valence-electron chi connectivity index (χ1n) is 21.0. The Morgan fingerprint density at radius 2 is 1.82 bits per heavy atom. The molecule has 0 bridgehead atoms. The van der Waals surface area contributed by atoms with Crippen molar-refractivity contribution in [3.63, 3.8) is 0 Å². The molecule has 1 aliphatic carbocycles. The van der Waals surface area contributed by atoms with Gasteiger partial charge in [-0.25, -0.2) is 9.89 Å². The molecule has 4 amide bonds. The molecule has 1 aliphatic heterocycles. The van der Waals surface area contributed by atoms with Gasteiger partial charge in [-0.15, -0.1) is 5.10 Å². The normalized spacial score (nSPS) is 17.6. The molecule has 4 rings (SSSR count). The second-order valence-electron chi connectivity index (χ2n) is 16.1. The number of nitrogens with two attached hydrogens (primary N) is 1. The van der Waals surface area contributed by atoms with Gasteiger partial charge in [-0.2, -0.15) is 4.98 Å². The fourth-order valence-electron chi connectivity index (χ4n) is 7.95. The van der Waals surface area contributed by atoms with Crippen molar-refractivity contribution in [2.75, 3.05) is 51.1 Å². The van der Waals surface area contributed by atoms with Crippen LogP contribution in [0.3, 0.4) is 0 Å². The molecule has 1 aromatic heterocycles. The number of hydrogen-bond donors (Lipinski definition) is 6. The van der Waals surface area contributed by atoms with Gasteiger partial charge in [0, 0.05) is 32.7 Å². The maximum absolute atomic E-state index is 14.9. The lowest BCUT2D eigenvalue weighted by atomic mass is 9.83. The van der Waals surface area contributed by atoms with Crippen LogP contribution in [0, 0.1) is 17.8 Å². The number of nitrogen functional groups attached to an aromatic ring is 1. The Morgan fingerprint density at radius 3 is 2.46 bits per heavy atom. The number of aryl methyl sites for hydroxylation is 1. The van der Waals surface area contributed by atoms with Gasteiger partial charge in [-0.3, -0.25) is 20.0 Å². The van der Waals surface area contributed by atoms with E-state index in [1.165, 1.54) is 37.1 Å². The number of urea groups is 1. The SMILES string of the molecule is CCCC[C@](CCc1ccccc1)(NC(=O)N1CCC(OCOC)CC1)C(=O)NN(CCNc1n[nH]c(N)n1)C(=O)[C@@H](C[C@@H](O)CCC1CCCCC1)C(C)C. The van der Waals surface area contributed by atoms with Gasteiger partial charge in [-0.1, -0.05) is 96.0 Å². The van der Waals surface area contributed by atoms with Crippen LogP contribution in [-0.4, -0.2) is 106 Å². The van der Waals surface area contributed by atoms with Crippen LogP contribution >= 0.6 is 0 Å². The fourth-order valence-corrected chi connectivity index (χ4v) is 7.95. The molecular formula is C41H69N9O6. The summed E-state index contributed by atoms with van der Waals surface area (Å²) < 4.78 is 10.8. The molecule has 2 heterocycles. The van der Waals surface area contributed by atoms with Crippen LogP contribution in [0.4, 0.5) is 16.7 Å². The highest BCUT2D eigenvalue weighted by molar-refractivity contribution is 5.92. The number of likely N-dealkylation sites (tertiary alicyclic amines) is 1. The number of amides is 4. The summed E-state index contributed by atoms with van der Waals surface area (Å²) in [5.41, 5.74) is 8.45. The van der Waals surface area contributed by atoms with Crippen molar-refractivity contribution in [3.8, 4) is 0 Å². The summed E-state index contributed by atoms with van der Waals surface area (Å²) in [6.07, 6.45) is 11.4. The summed E-state index contributed by atoms with van der Waals surface area (Å²) in [5, 5.41) is 25.5. The number of methoxy groups -OCH3 is 1. The number of rotatable bonds is 22. The monoisotopic (exact) mass is 784 g/mol. The third kappa shape index (κ3) is 14.2. The number of aliphatic hydroxyl groups is 1. The third-order valence-electron chi connectivity index (χ3n) is 11.5. The topological polar surface area (TPSA) is 200 Å². The molecule has 56 heavy (non-hydrogen) atoms. The zero-order chi connectivity index (χ0) is 40.3. The minimum Gasteiger partial charge on any atom is -0.393 e. The number of nitrogens with one attached hydrogen (secondary N) is 4. The van der Waals surface area contributed by atoms with Crippen molar-refractivity contribution < 1.29 is 29.0 Å². The van der Waals surface area contributed by atoms with E-state index in [2.05, 4.69) is 38.2 Å². The van der Waals surface area contributed by atoms with E-state index in [1.807, 2.05) is 44.2 Å². The average Bonchev–Trinajstić information content (AvgIpc) is 3.63. The standard InChI is InChI=1S/C41H69N9O6/c1-5-6-22-41(23-19-32-15-11-8-12-16-32,45-40(54)49-25-20-34(21-26-49)56-29-55-4)37(53)48-50(27-24-43-39-44-38(42)46-47-39)36(52)35(30(2)3)28-33(51)18-17-31-13-9-7-10-14-31/h8,11-12,15-16,30-31,33-35,51H,5-7,9-10,13-14,17-29H2,1-4H3,(H,45,54)(H,48,53)(H4,42,43,44,46,47)/t33-,35-,41+/m0/s1. The Morgan fingerprint density at radius 1 is 1.09 bits per heavy atom. The van der Waals surface area contributed by atoms with E-state index in [1.54, 1.807) is 12.0 Å². The van der Waals surface area contributed by atoms with Crippen LogP contribution < -0.4 is 21.8 Å². The number of benzene rings is 1. The number of piperidine rings is 1. The molecule has 314 valence electrons. The Kier molecular flexibility index (Phi) is 18.6. The molecule has 1 saturated heterocycles. The van der Waals surface area contributed by atoms with Gasteiger partial charge in [0.1, 0.15) is 12.3 Å². The maximum atomic E-state index is 14.9. The van der Waals surface area contributed by atoms with Crippen molar-refractivity contribution >= 4 is 29.7 Å². The van der Waals surface area contributed by atoms with Gasteiger partial charge in [0.15, 0.2) is 0 Å². The Bertz CT molecular complexity index is 1450. The van der Waals surface area contributed by atoms with Crippen LogP contribution in [0.2, 0.25) is 0 Å². The molecule has 1 aromatic carbocycles. The number of hydrazine groups is 1. The highest BCUT2D eigenvalue weighted by Crippen LogP contribution is 2.30. The van der Waals surface area contributed by atoms with Gasteiger partial charge in [-0.05, 0) is 68.8 Å². The van der Waals surface area contributed by atoms with Gasteiger partial charge in [0.25, 0.3) is 5.91 Å². The second kappa shape index (κ2) is 23.3. The molecule has 0 unspecified atom stereocenters. The molecule has 7 N–H and O–H groups in total. The Labute approximate surface area is 333 Å². The van der Waals surface area contributed by atoms with E-state index in [-0.39, 0.29) is 62.2 Å². The Hall–Kier alpha value is -3.95. The zero-order valence-electron chi connectivity index (χ0n) is 34.3. The van der Waals surface area contributed by atoms with Crippen LogP contribution in [0.5, 0.6) is 0 Å². The summed E-state index contributed by atoms with van der Waals surface area (Å²) in [7, 11) is 1.59. The second-order valence-corrected chi connectivity index (χ2v) is 16.1. The van der Waals surface area contributed by atoms with Crippen molar-refractivity contribution in [2.45, 2.75) is 135 Å². The number of aromatic amines is 1. The highest BCUT2D eigenvalue weighted by Gasteiger charge is 2.42. The minimum atomic E-state index is -1.33. The molecule has 15 heteroatoms. The van der Waals surface area contributed by atoms with Crippen molar-refractivity contribution in [2.24, 2.45) is 17.8 Å². The largest absolute Gasteiger partial charge is 0.393 e. The highest BCUT2D eigenvalue weighted by atomic mass is 16.7. The van der Waals surface area contributed by atoms with E-state index >= 15 is 0 Å². The fraction of sp³-hybridized carbons (Fsp3) is 0.732. The summed E-state index contributed by atoms with van der Waals surface area (Å²) in [5.74, 6) is -0.369. The maximum Gasteiger partial charge on any atom is 0.318 e. The summed E-state index contributed by atoms with van der Waals surface area (Å²) in [4.78, 5) is 49.5. The molecule has 2 fully saturated rings. The van der Waals surface area contributed by atoms with Crippen molar-refractivity contribution in [1.82, 2.24) is 35.8 Å². The first-order valence-corrected chi connectivity index (χ1v) is 21.0. The smallest absolute Gasteiger partial charge is 0.318 e. The zero-order valence-corrected chi connectivity index (χ0v) is 34.3. The average molecular weight is 784 g/mol. The molecule has 0 spiro atoms. The van der Waals surface area contributed by atoms with Crippen LogP contribution in [0.1, 0.15) is 116 Å². The van der Waals surface area contributed by atoms with Gasteiger partial charge < -0.3 is 35.8 Å². The lowest BCUT2D eigenvalue weighted by Gasteiger charge is -2.40. The van der Waals surface area contributed by atoms with Gasteiger partial charge in [0.2, 0.25) is 17.8 Å². The number of anilines is 2. The number of carbonyl (C=O) groups excluding carboxylic acids is 3. The summed E-state index contributed by atoms with van der Waals surface area (Å²) in [6.45, 7) is 7.43. The lowest BCUT2D eigenvalue weighted by Crippen LogP contribution is -2.65. The van der Waals surface area contributed by atoms with Crippen molar-refractivity contribution in [3.05, 3.63) is 35.9 Å². The number of aliphatic hydroxyl groups excluding tert-OH is 1. The van der Waals surface area contributed by atoms with Gasteiger partial charge >= 0.3 is 6.03 Å². The van der Waals surface area contributed by atoms with Crippen LogP contribution in [-0.2, 0) is 25.5 Å². The first kappa shape index (κ1) is 44.8. The predicted octanol–water partition coefficient (Wildman–Crippen LogP) is 5.40.